The van der Waals surface area contributed by atoms with Gasteiger partial charge < -0.3 is 15.1 Å². The molecule has 3 N–H and O–H groups in total. The molecule has 2 aromatic rings. The second-order valence-corrected chi connectivity index (χ2v) is 6.31. The molecule has 2 heterocycles. The van der Waals surface area contributed by atoms with Crippen molar-refractivity contribution in [1.29, 1.82) is 5.26 Å². The first-order valence-electron chi connectivity index (χ1n) is 7.85. The molecule has 0 aliphatic carbocycles. The predicted octanol–water partition coefficient (Wildman–Crippen LogP) is 2.35. The highest BCUT2D eigenvalue weighted by molar-refractivity contribution is 6.34. The average molecular weight is 348 g/mol. The zero-order chi connectivity index (χ0) is 17.1. The number of hydrogen-bond donors (Lipinski definition) is 3. The second kappa shape index (κ2) is 7.07. The number of nitrogens with zero attached hydrogens (tertiary/aromatic N) is 2. The van der Waals surface area contributed by atoms with E-state index in [4.69, 9.17) is 16.0 Å². The molecule has 1 aliphatic rings. The lowest BCUT2D eigenvalue weighted by atomic mass is 9.91. The van der Waals surface area contributed by atoms with Crippen molar-refractivity contribution in [3.63, 3.8) is 0 Å². The molecule has 0 bridgehead atoms. The van der Waals surface area contributed by atoms with Gasteiger partial charge in [0, 0.05) is 11.6 Å². The molecular weight excluding hydrogens is 330 g/mol. The Hall–Kier alpha value is -2.30. The number of hydrogen-bond acceptors (Lipinski definition) is 6. The van der Waals surface area contributed by atoms with Gasteiger partial charge in [-0.15, -0.1) is 5.10 Å². The van der Waals surface area contributed by atoms with Crippen LogP contribution in [-0.4, -0.2) is 29.3 Å². The number of rotatable bonds is 4. The van der Waals surface area contributed by atoms with Crippen LogP contribution in [0.3, 0.4) is 0 Å². The van der Waals surface area contributed by atoms with E-state index >= 15 is 0 Å². The summed E-state index contributed by atoms with van der Waals surface area (Å²) in [4.78, 5) is 11.2. The van der Waals surface area contributed by atoms with Gasteiger partial charge in [-0.05, 0) is 50.9 Å². The van der Waals surface area contributed by atoms with Crippen LogP contribution in [0, 0.1) is 17.2 Å². The number of benzene rings is 1. The standard InChI is InChI=1S/C16H18ClN5O2/c1-9(10-2-4-19-5-3-10)20-13-7-11(6-12(8-18)14(13)17)15-21-22-16(23)24-15/h6-7,9-10,19-20H,2-5H2,1H3,(H,22,23). The van der Waals surface area contributed by atoms with E-state index in [2.05, 4.69) is 33.8 Å². The highest BCUT2D eigenvalue weighted by atomic mass is 35.5. The Kier molecular flexibility index (Phi) is 4.88. The van der Waals surface area contributed by atoms with E-state index < -0.39 is 5.76 Å². The Morgan fingerprint density at radius 1 is 1.46 bits per heavy atom. The van der Waals surface area contributed by atoms with Gasteiger partial charge in [0.15, 0.2) is 0 Å². The molecule has 0 saturated carbocycles. The number of nitriles is 1. The average Bonchev–Trinajstić information content (AvgIpc) is 3.04. The lowest BCUT2D eigenvalue weighted by Gasteiger charge is -2.30. The highest BCUT2D eigenvalue weighted by Gasteiger charge is 2.21. The van der Waals surface area contributed by atoms with Crippen molar-refractivity contribution in [2.75, 3.05) is 18.4 Å². The summed E-state index contributed by atoms with van der Waals surface area (Å²) in [5.41, 5.74) is 1.47. The van der Waals surface area contributed by atoms with E-state index in [1.165, 1.54) is 0 Å². The van der Waals surface area contributed by atoms with E-state index in [9.17, 15) is 10.1 Å². The van der Waals surface area contributed by atoms with Crippen molar-refractivity contribution < 1.29 is 4.42 Å². The highest BCUT2D eigenvalue weighted by Crippen LogP contribution is 2.33. The van der Waals surface area contributed by atoms with E-state index in [0.29, 0.717) is 27.8 Å². The first kappa shape index (κ1) is 16.6. The lowest BCUT2D eigenvalue weighted by Crippen LogP contribution is -2.36. The third-order valence-electron chi connectivity index (χ3n) is 4.35. The minimum absolute atomic E-state index is 0.130. The maximum Gasteiger partial charge on any atom is 0.434 e. The third-order valence-corrected chi connectivity index (χ3v) is 4.76. The van der Waals surface area contributed by atoms with Crippen molar-refractivity contribution in [3.8, 4) is 17.5 Å². The van der Waals surface area contributed by atoms with Crippen molar-refractivity contribution in [1.82, 2.24) is 15.5 Å². The summed E-state index contributed by atoms with van der Waals surface area (Å²) in [5.74, 6) is 0.0154. The fourth-order valence-electron chi connectivity index (χ4n) is 3.00. The number of piperidine rings is 1. The van der Waals surface area contributed by atoms with Crippen molar-refractivity contribution in [3.05, 3.63) is 33.3 Å². The monoisotopic (exact) mass is 347 g/mol. The maximum absolute atomic E-state index is 11.2. The Morgan fingerprint density at radius 3 is 2.83 bits per heavy atom. The fraction of sp³-hybridized carbons (Fsp3) is 0.438. The molecule has 1 aliphatic heterocycles. The number of H-pyrrole nitrogens is 1. The quantitative estimate of drug-likeness (QED) is 0.783. The van der Waals surface area contributed by atoms with Crippen LogP contribution in [0.1, 0.15) is 25.3 Å². The van der Waals surface area contributed by atoms with Gasteiger partial charge in [0.05, 0.1) is 16.3 Å². The first-order valence-corrected chi connectivity index (χ1v) is 8.23. The van der Waals surface area contributed by atoms with Crippen LogP contribution in [0.4, 0.5) is 5.69 Å². The van der Waals surface area contributed by atoms with Crippen molar-refractivity contribution in [2.45, 2.75) is 25.8 Å². The molecule has 126 valence electrons. The van der Waals surface area contributed by atoms with Gasteiger partial charge in [-0.3, -0.25) is 0 Å². The topological polar surface area (TPSA) is 107 Å². The number of nitrogens with one attached hydrogen (secondary N) is 3. The molecule has 1 aromatic carbocycles. The number of aromatic nitrogens is 2. The third kappa shape index (κ3) is 3.45. The molecule has 3 rings (SSSR count). The summed E-state index contributed by atoms with van der Waals surface area (Å²) in [6.07, 6.45) is 2.18. The van der Waals surface area contributed by atoms with Gasteiger partial charge in [-0.1, -0.05) is 11.6 Å². The molecule has 24 heavy (non-hydrogen) atoms. The molecule has 1 aromatic heterocycles. The largest absolute Gasteiger partial charge is 0.434 e. The Bertz CT molecular complexity index is 817. The van der Waals surface area contributed by atoms with Crippen LogP contribution in [0.2, 0.25) is 5.02 Å². The number of halogens is 1. The summed E-state index contributed by atoms with van der Waals surface area (Å²) in [7, 11) is 0. The molecule has 1 saturated heterocycles. The molecule has 7 nitrogen and oxygen atoms in total. The summed E-state index contributed by atoms with van der Waals surface area (Å²) >= 11 is 6.34. The van der Waals surface area contributed by atoms with E-state index in [1.54, 1.807) is 12.1 Å². The molecule has 8 heteroatoms. The van der Waals surface area contributed by atoms with E-state index in [0.717, 1.165) is 25.9 Å². The van der Waals surface area contributed by atoms with Gasteiger partial charge in [-0.25, -0.2) is 9.89 Å². The van der Waals surface area contributed by atoms with Gasteiger partial charge in [0.2, 0.25) is 5.89 Å². The van der Waals surface area contributed by atoms with Crippen LogP contribution in [-0.2, 0) is 0 Å². The molecule has 0 amide bonds. The van der Waals surface area contributed by atoms with Crippen LogP contribution in [0.25, 0.3) is 11.5 Å². The minimum atomic E-state index is -0.643. The second-order valence-electron chi connectivity index (χ2n) is 5.94. The van der Waals surface area contributed by atoms with Gasteiger partial charge in [0.25, 0.3) is 0 Å². The summed E-state index contributed by atoms with van der Waals surface area (Å²) in [6.45, 7) is 4.12. The van der Waals surface area contributed by atoms with Gasteiger partial charge in [-0.2, -0.15) is 5.26 Å². The first-order chi connectivity index (χ1) is 11.6. The Labute approximate surface area is 144 Å². The van der Waals surface area contributed by atoms with Gasteiger partial charge >= 0.3 is 5.76 Å². The smallest absolute Gasteiger partial charge is 0.388 e. The summed E-state index contributed by atoms with van der Waals surface area (Å²) in [6, 6.07) is 5.58. The van der Waals surface area contributed by atoms with E-state index in [1.807, 2.05) is 0 Å². The maximum atomic E-state index is 11.2. The molecular formula is C16H18ClN5O2. The molecule has 0 spiro atoms. The fourth-order valence-corrected chi connectivity index (χ4v) is 3.20. The molecule has 1 atom stereocenters. The lowest BCUT2D eigenvalue weighted by molar-refractivity contribution is 0.343. The minimum Gasteiger partial charge on any atom is -0.388 e. The SMILES string of the molecule is CC(Nc1cc(-c2n[nH]c(=O)o2)cc(C#N)c1Cl)C1CCNCC1. The summed E-state index contributed by atoms with van der Waals surface area (Å²) < 4.78 is 4.97. The summed E-state index contributed by atoms with van der Waals surface area (Å²) in [5, 5.41) is 22.4. The Morgan fingerprint density at radius 2 is 2.21 bits per heavy atom. The Balaban J connectivity index is 1.91. The van der Waals surface area contributed by atoms with Crippen LogP contribution in [0.5, 0.6) is 0 Å². The normalized spacial score (nSPS) is 16.5. The van der Waals surface area contributed by atoms with Gasteiger partial charge in [0.1, 0.15) is 6.07 Å². The van der Waals surface area contributed by atoms with Crippen LogP contribution >= 0.6 is 11.6 Å². The molecule has 1 fully saturated rings. The van der Waals surface area contributed by atoms with Crippen LogP contribution in [0.15, 0.2) is 21.3 Å². The number of aromatic amines is 1. The van der Waals surface area contributed by atoms with Crippen LogP contribution < -0.4 is 16.4 Å². The zero-order valence-electron chi connectivity index (χ0n) is 13.2. The zero-order valence-corrected chi connectivity index (χ0v) is 14.0. The van der Waals surface area contributed by atoms with Crippen molar-refractivity contribution >= 4 is 17.3 Å². The molecule has 1 unspecified atom stereocenters. The van der Waals surface area contributed by atoms with E-state index in [-0.39, 0.29) is 11.9 Å². The number of anilines is 1. The molecule has 0 radical (unpaired) electrons. The van der Waals surface area contributed by atoms with Crippen molar-refractivity contribution in [2.24, 2.45) is 5.92 Å². The predicted molar refractivity (Wildman–Crippen MR) is 91.0 cm³/mol.